The summed E-state index contributed by atoms with van der Waals surface area (Å²) in [7, 11) is 0. The molecule has 1 aromatic heterocycles. The van der Waals surface area contributed by atoms with Crippen molar-refractivity contribution in [3.63, 3.8) is 0 Å². The second kappa shape index (κ2) is 4.22. The van der Waals surface area contributed by atoms with Gasteiger partial charge in [0.25, 0.3) is 0 Å². The van der Waals surface area contributed by atoms with Gasteiger partial charge < -0.3 is 5.73 Å². The Kier molecular flexibility index (Phi) is 3.23. The Morgan fingerprint density at radius 2 is 2.36 bits per heavy atom. The van der Waals surface area contributed by atoms with Gasteiger partial charge in [0.05, 0.1) is 0 Å². The van der Waals surface area contributed by atoms with Gasteiger partial charge in [-0.2, -0.15) is 0 Å². The summed E-state index contributed by atoms with van der Waals surface area (Å²) >= 11 is 0. The van der Waals surface area contributed by atoms with E-state index in [-0.39, 0.29) is 5.91 Å². The molecule has 0 radical (unpaired) electrons. The van der Waals surface area contributed by atoms with E-state index >= 15 is 0 Å². The average molecular weight is 192 g/mol. The minimum absolute atomic E-state index is 0.246. The van der Waals surface area contributed by atoms with Crippen LogP contribution in [0.1, 0.15) is 25.8 Å². The van der Waals surface area contributed by atoms with E-state index in [0.29, 0.717) is 6.42 Å². The third kappa shape index (κ3) is 2.31. The lowest BCUT2D eigenvalue weighted by molar-refractivity contribution is -0.126. The molecule has 0 aliphatic heterocycles. The van der Waals surface area contributed by atoms with Crippen LogP contribution in [0.4, 0.5) is 0 Å². The standard InChI is InChI=1S/C11H16N2O/c1-3-11(2,10(12)14)7-9-5-4-6-13-8-9/h4-6,8H,3,7H2,1-2H3,(H2,12,14). The molecule has 1 atom stereocenters. The molecular weight excluding hydrogens is 176 g/mol. The van der Waals surface area contributed by atoms with Gasteiger partial charge in [-0.05, 0) is 24.5 Å². The maximum Gasteiger partial charge on any atom is 0.223 e. The minimum Gasteiger partial charge on any atom is -0.369 e. The van der Waals surface area contributed by atoms with E-state index in [0.717, 1.165) is 12.0 Å². The lowest BCUT2D eigenvalue weighted by Gasteiger charge is -2.23. The number of pyridine rings is 1. The molecule has 3 heteroatoms. The lowest BCUT2D eigenvalue weighted by Crippen LogP contribution is -2.35. The largest absolute Gasteiger partial charge is 0.369 e. The van der Waals surface area contributed by atoms with E-state index in [1.165, 1.54) is 0 Å². The van der Waals surface area contributed by atoms with E-state index in [4.69, 9.17) is 5.73 Å². The molecule has 1 heterocycles. The molecule has 2 N–H and O–H groups in total. The van der Waals surface area contributed by atoms with Crippen LogP contribution in [0.3, 0.4) is 0 Å². The van der Waals surface area contributed by atoms with Gasteiger partial charge in [-0.1, -0.05) is 19.9 Å². The summed E-state index contributed by atoms with van der Waals surface area (Å²) in [5.41, 5.74) is 5.97. The van der Waals surface area contributed by atoms with Crippen LogP contribution in [0.5, 0.6) is 0 Å². The molecule has 1 unspecified atom stereocenters. The van der Waals surface area contributed by atoms with Crippen molar-refractivity contribution in [3.05, 3.63) is 30.1 Å². The molecule has 3 nitrogen and oxygen atoms in total. The van der Waals surface area contributed by atoms with Gasteiger partial charge in [0.2, 0.25) is 5.91 Å². The number of hydrogen-bond donors (Lipinski definition) is 1. The van der Waals surface area contributed by atoms with Crippen LogP contribution in [0.15, 0.2) is 24.5 Å². The quantitative estimate of drug-likeness (QED) is 0.786. The van der Waals surface area contributed by atoms with Crippen LogP contribution in [0.25, 0.3) is 0 Å². The molecule has 0 saturated heterocycles. The van der Waals surface area contributed by atoms with Gasteiger partial charge in [0.15, 0.2) is 0 Å². The Bertz CT molecular complexity index is 310. The van der Waals surface area contributed by atoms with E-state index in [1.54, 1.807) is 12.4 Å². The molecule has 1 rings (SSSR count). The summed E-state index contributed by atoms with van der Waals surface area (Å²) in [6.07, 6.45) is 4.90. The van der Waals surface area contributed by atoms with Crippen molar-refractivity contribution >= 4 is 5.91 Å². The fourth-order valence-corrected chi connectivity index (χ4v) is 1.34. The predicted molar refractivity (Wildman–Crippen MR) is 55.5 cm³/mol. The molecule has 76 valence electrons. The summed E-state index contributed by atoms with van der Waals surface area (Å²) in [6, 6.07) is 3.83. The molecule has 14 heavy (non-hydrogen) atoms. The number of aromatic nitrogens is 1. The first-order valence-corrected chi connectivity index (χ1v) is 4.77. The van der Waals surface area contributed by atoms with E-state index in [1.807, 2.05) is 26.0 Å². The number of nitrogens with zero attached hydrogens (tertiary/aromatic N) is 1. The molecule has 0 bridgehead atoms. The van der Waals surface area contributed by atoms with Crippen molar-refractivity contribution in [3.8, 4) is 0 Å². The van der Waals surface area contributed by atoms with Gasteiger partial charge in [0, 0.05) is 17.8 Å². The Hall–Kier alpha value is -1.38. The third-order valence-corrected chi connectivity index (χ3v) is 2.69. The Morgan fingerprint density at radius 3 is 2.79 bits per heavy atom. The summed E-state index contributed by atoms with van der Waals surface area (Å²) in [4.78, 5) is 15.3. The highest BCUT2D eigenvalue weighted by molar-refractivity contribution is 5.80. The van der Waals surface area contributed by atoms with E-state index < -0.39 is 5.41 Å². The van der Waals surface area contributed by atoms with E-state index in [9.17, 15) is 4.79 Å². The van der Waals surface area contributed by atoms with Crippen LogP contribution < -0.4 is 5.73 Å². The number of primary amides is 1. The molecule has 0 aliphatic rings. The summed E-state index contributed by atoms with van der Waals surface area (Å²) in [5.74, 6) is -0.246. The Labute approximate surface area is 84.3 Å². The first-order chi connectivity index (χ1) is 6.58. The Morgan fingerprint density at radius 1 is 1.64 bits per heavy atom. The highest BCUT2D eigenvalue weighted by Gasteiger charge is 2.28. The zero-order valence-electron chi connectivity index (χ0n) is 8.66. The topological polar surface area (TPSA) is 56.0 Å². The smallest absolute Gasteiger partial charge is 0.223 e. The number of carbonyl (C=O) groups is 1. The fraction of sp³-hybridized carbons (Fsp3) is 0.455. The second-order valence-corrected chi connectivity index (χ2v) is 3.82. The number of amides is 1. The summed E-state index contributed by atoms with van der Waals surface area (Å²) in [6.45, 7) is 3.86. The van der Waals surface area contributed by atoms with Crippen molar-refractivity contribution in [2.75, 3.05) is 0 Å². The number of nitrogens with two attached hydrogens (primary N) is 1. The number of hydrogen-bond acceptors (Lipinski definition) is 2. The van der Waals surface area contributed by atoms with Crippen LogP contribution >= 0.6 is 0 Å². The van der Waals surface area contributed by atoms with Gasteiger partial charge in [-0.3, -0.25) is 9.78 Å². The average Bonchev–Trinajstić information content (AvgIpc) is 2.19. The zero-order chi connectivity index (χ0) is 10.6. The van der Waals surface area contributed by atoms with Crippen molar-refractivity contribution in [2.45, 2.75) is 26.7 Å². The highest BCUT2D eigenvalue weighted by Crippen LogP contribution is 2.25. The molecular formula is C11H16N2O. The molecule has 0 saturated carbocycles. The first-order valence-electron chi connectivity index (χ1n) is 4.77. The summed E-state index contributed by atoms with van der Waals surface area (Å²) < 4.78 is 0. The lowest BCUT2D eigenvalue weighted by atomic mass is 9.81. The SMILES string of the molecule is CCC(C)(Cc1cccnc1)C(N)=O. The molecule has 0 fully saturated rings. The molecule has 0 aromatic carbocycles. The van der Waals surface area contributed by atoms with Gasteiger partial charge in [-0.15, -0.1) is 0 Å². The molecule has 0 spiro atoms. The van der Waals surface area contributed by atoms with Crippen molar-refractivity contribution in [1.82, 2.24) is 4.98 Å². The fourth-order valence-electron chi connectivity index (χ4n) is 1.34. The third-order valence-electron chi connectivity index (χ3n) is 2.69. The van der Waals surface area contributed by atoms with Crippen LogP contribution in [-0.4, -0.2) is 10.9 Å². The highest BCUT2D eigenvalue weighted by atomic mass is 16.1. The maximum atomic E-state index is 11.3. The van der Waals surface area contributed by atoms with Crippen molar-refractivity contribution in [2.24, 2.45) is 11.1 Å². The second-order valence-electron chi connectivity index (χ2n) is 3.82. The minimum atomic E-state index is -0.455. The monoisotopic (exact) mass is 192 g/mol. The number of carbonyl (C=O) groups excluding carboxylic acids is 1. The van der Waals surface area contributed by atoms with Crippen LogP contribution in [-0.2, 0) is 11.2 Å². The summed E-state index contributed by atoms with van der Waals surface area (Å²) in [5, 5.41) is 0. The zero-order valence-corrected chi connectivity index (χ0v) is 8.66. The maximum absolute atomic E-state index is 11.3. The van der Waals surface area contributed by atoms with Crippen molar-refractivity contribution < 1.29 is 4.79 Å². The first kappa shape index (κ1) is 10.7. The van der Waals surface area contributed by atoms with Crippen molar-refractivity contribution in [1.29, 1.82) is 0 Å². The molecule has 1 amide bonds. The number of rotatable bonds is 4. The van der Waals surface area contributed by atoms with Gasteiger partial charge in [-0.25, -0.2) is 0 Å². The normalized spacial score (nSPS) is 14.7. The predicted octanol–water partition coefficient (Wildman–Crippen LogP) is 1.53. The van der Waals surface area contributed by atoms with Gasteiger partial charge >= 0.3 is 0 Å². The molecule has 1 aromatic rings. The van der Waals surface area contributed by atoms with Crippen LogP contribution in [0.2, 0.25) is 0 Å². The molecule has 0 aliphatic carbocycles. The van der Waals surface area contributed by atoms with Crippen LogP contribution in [0, 0.1) is 5.41 Å². The van der Waals surface area contributed by atoms with Gasteiger partial charge in [0.1, 0.15) is 0 Å². The van der Waals surface area contributed by atoms with E-state index in [2.05, 4.69) is 4.98 Å². The Balaban J connectivity index is 2.81.